The summed E-state index contributed by atoms with van der Waals surface area (Å²) in [5, 5.41) is 11.1. The molecule has 0 spiro atoms. The fourth-order valence-corrected chi connectivity index (χ4v) is 3.58. The Kier molecular flexibility index (Phi) is 6.65. The van der Waals surface area contributed by atoms with Gasteiger partial charge in [0.05, 0.1) is 31.3 Å². The van der Waals surface area contributed by atoms with Crippen molar-refractivity contribution in [3.63, 3.8) is 0 Å². The van der Waals surface area contributed by atoms with E-state index in [0.717, 1.165) is 18.2 Å². The molecule has 0 heterocycles. The lowest BCUT2D eigenvalue weighted by Gasteiger charge is -2.25. The molecule has 0 aliphatic carbocycles. The lowest BCUT2D eigenvalue weighted by molar-refractivity contribution is -0.242. The molecule has 158 valence electrons. The average molecular weight is 492 g/mol. The van der Waals surface area contributed by atoms with Gasteiger partial charge in [0.1, 0.15) is 0 Å². The molecular weight excluding hydrogens is 480 g/mol. The summed E-state index contributed by atoms with van der Waals surface area (Å²) < 4.78 is 65.3. The molecule has 0 radical (unpaired) electrons. The third-order valence-electron chi connectivity index (χ3n) is 3.66. The van der Waals surface area contributed by atoms with Crippen molar-refractivity contribution in [2.75, 3.05) is 10.0 Å². The number of benzene rings is 2. The second-order valence-corrected chi connectivity index (χ2v) is 8.80. The second kappa shape index (κ2) is 8.19. The highest BCUT2D eigenvalue weighted by Gasteiger charge is 2.55. The minimum Gasteiger partial charge on any atom is -0.373 e. The van der Waals surface area contributed by atoms with Gasteiger partial charge in [-0.25, -0.2) is 8.42 Å². The number of halogens is 6. The quantitative estimate of drug-likeness (QED) is 0.565. The summed E-state index contributed by atoms with van der Waals surface area (Å²) >= 11 is 17.5. The second-order valence-electron chi connectivity index (χ2n) is 5.90. The van der Waals surface area contributed by atoms with Gasteiger partial charge in [-0.3, -0.25) is 9.52 Å². The predicted molar refractivity (Wildman–Crippen MR) is 104 cm³/mol. The minimum atomic E-state index is -5.23. The summed E-state index contributed by atoms with van der Waals surface area (Å²) in [5.74, 6) is -1.78. The first-order valence-corrected chi connectivity index (χ1v) is 10.1. The van der Waals surface area contributed by atoms with Crippen LogP contribution in [0.5, 0.6) is 0 Å². The molecule has 0 saturated carbocycles. The Hall–Kier alpha value is -1.72. The Balaban J connectivity index is 2.26. The first kappa shape index (κ1) is 23.6. The van der Waals surface area contributed by atoms with Crippen molar-refractivity contribution < 1.29 is 31.5 Å². The molecule has 1 atom stereocenters. The molecule has 13 heteroatoms. The number of anilines is 2. The number of alkyl halides is 3. The van der Waals surface area contributed by atoms with Gasteiger partial charge >= 0.3 is 6.18 Å². The Morgan fingerprint density at radius 1 is 1.00 bits per heavy atom. The molecule has 29 heavy (non-hydrogen) atoms. The largest absolute Gasteiger partial charge is 0.426 e. The predicted octanol–water partition coefficient (Wildman–Crippen LogP) is 4.70. The van der Waals surface area contributed by atoms with E-state index in [1.165, 1.54) is 18.2 Å². The monoisotopic (exact) mass is 490 g/mol. The fourth-order valence-electron chi connectivity index (χ4n) is 1.91. The minimum absolute atomic E-state index is 0.106. The van der Waals surface area contributed by atoms with Crippen LogP contribution in [-0.4, -0.2) is 31.2 Å². The molecular formula is C16H12Cl3F3N2O4S. The molecule has 0 aliphatic rings. The lowest BCUT2D eigenvalue weighted by Crippen LogP contribution is -2.52. The van der Waals surface area contributed by atoms with Gasteiger partial charge < -0.3 is 10.4 Å². The zero-order valence-corrected chi connectivity index (χ0v) is 17.4. The molecule has 0 aliphatic heterocycles. The normalized spacial score (nSPS) is 14.2. The maximum Gasteiger partial charge on any atom is 0.426 e. The van der Waals surface area contributed by atoms with Gasteiger partial charge in [-0.05, 0) is 43.3 Å². The lowest BCUT2D eigenvalue weighted by atomic mass is 10.1. The number of rotatable bonds is 5. The van der Waals surface area contributed by atoms with Crippen LogP contribution >= 0.6 is 34.8 Å². The standard InChI is InChI=1S/C16H12Cl3F3N2O4S/c1-15(26,16(20,21)22)14(25)23-13-5-3-9(7-12(13)19)29(27,28)24-8-2-4-10(17)11(18)6-8/h2-7,24,26H,1H3,(H,23,25)/t15-/m1/s1. The van der Waals surface area contributed by atoms with Crippen molar-refractivity contribution in [3.05, 3.63) is 51.5 Å². The van der Waals surface area contributed by atoms with Crippen molar-refractivity contribution in [1.82, 2.24) is 0 Å². The summed E-state index contributed by atoms with van der Waals surface area (Å²) in [6.07, 6.45) is -5.23. The number of carbonyl (C=O) groups is 1. The van der Waals surface area contributed by atoms with E-state index in [4.69, 9.17) is 34.8 Å². The van der Waals surface area contributed by atoms with Crippen LogP contribution in [0.3, 0.4) is 0 Å². The number of hydrogen-bond donors (Lipinski definition) is 3. The third-order valence-corrected chi connectivity index (χ3v) is 6.10. The van der Waals surface area contributed by atoms with Crippen LogP contribution in [0.4, 0.5) is 24.5 Å². The van der Waals surface area contributed by atoms with Gasteiger partial charge in [0.15, 0.2) is 0 Å². The maximum absolute atomic E-state index is 12.7. The van der Waals surface area contributed by atoms with E-state index < -0.39 is 27.7 Å². The topological polar surface area (TPSA) is 95.5 Å². The van der Waals surface area contributed by atoms with Crippen LogP contribution in [0.25, 0.3) is 0 Å². The van der Waals surface area contributed by atoms with Crippen LogP contribution in [0.2, 0.25) is 15.1 Å². The highest BCUT2D eigenvalue weighted by Crippen LogP contribution is 2.33. The van der Waals surface area contributed by atoms with Gasteiger partial charge in [0.25, 0.3) is 15.9 Å². The smallest absolute Gasteiger partial charge is 0.373 e. The number of sulfonamides is 1. The van der Waals surface area contributed by atoms with Crippen molar-refractivity contribution in [3.8, 4) is 0 Å². The molecule has 2 rings (SSSR count). The number of hydrogen-bond acceptors (Lipinski definition) is 4. The van der Waals surface area contributed by atoms with E-state index in [1.54, 1.807) is 0 Å². The Bertz CT molecular complexity index is 1060. The fraction of sp³-hybridized carbons (Fsp3) is 0.188. The van der Waals surface area contributed by atoms with Crippen molar-refractivity contribution in [2.45, 2.75) is 23.6 Å². The molecule has 2 aromatic carbocycles. The zero-order valence-electron chi connectivity index (χ0n) is 14.3. The van der Waals surface area contributed by atoms with Crippen LogP contribution in [-0.2, 0) is 14.8 Å². The Morgan fingerprint density at radius 2 is 1.62 bits per heavy atom. The van der Waals surface area contributed by atoms with Gasteiger partial charge in [-0.2, -0.15) is 13.2 Å². The summed E-state index contributed by atoms with van der Waals surface area (Å²) in [6.45, 7) is 0.274. The molecule has 0 saturated heterocycles. The molecule has 0 bridgehead atoms. The number of amides is 1. The third kappa shape index (κ3) is 5.26. The van der Waals surface area contributed by atoms with E-state index in [1.807, 2.05) is 5.32 Å². The van der Waals surface area contributed by atoms with E-state index in [2.05, 4.69) is 4.72 Å². The average Bonchev–Trinajstić information content (AvgIpc) is 2.58. The summed E-state index contributed by atoms with van der Waals surface area (Å²) in [6, 6.07) is 6.91. The number of aliphatic hydroxyl groups is 1. The summed E-state index contributed by atoms with van der Waals surface area (Å²) in [4.78, 5) is 11.4. The van der Waals surface area contributed by atoms with Crippen LogP contribution < -0.4 is 10.0 Å². The molecule has 0 fully saturated rings. The van der Waals surface area contributed by atoms with Gasteiger partial charge in [0, 0.05) is 0 Å². The molecule has 0 unspecified atom stereocenters. The highest BCUT2D eigenvalue weighted by atomic mass is 35.5. The molecule has 2 aromatic rings. The number of nitrogens with one attached hydrogen (secondary N) is 2. The number of carbonyl (C=O) groups excluding carboxylic acids is 1. The van der Waals surface area contributed by atoms with E-state index in [-0.39, 0.29) is 38.3 Å². The molecule has 3 N–H and O–H groups in total. The van der Waals surface area contributed by atoms with Crippen LogP contribution in [0.1, 0.15) is 6.92 Å². The van der Waals surface area contributed by atoms with Crippen LogP contribution in [0, 0.1) is 0 Å². The molecule has 0 aromatic heterocycles. The van der Waals surface area contributed by atoms with Gasteiger partial charge in [-0.1, -0.05) is 34.8 Å². The van der Waals surface area contributed by atoms with E-state index in [0.29, 0.717) is 0 Å². The van der Waals surface area contributed by atoms with Crippen molar-refractivity contribution in [1.29, 1.82) is 0 Å². The van der Waals surface area contributed by atoms with Gasteiger partial charge in [-0.15, -0.1) is 0 Å². The van der Waals surface area contributed by atoms with Crippen LogP contribution in [0.15, 0.2) is 41.3 Å². The van der Waals surface area contributed by atoms with E-state index in [9.17, 15) is 31.5 Å². The summed E-state index contributed by atoms with van der Waals surface area (Å²) in [5.41, 5.74) is -3.89. The van der Waals surface area contributed by atoms with Gasteiger partial charge in [0.2, 0.25) is 5.60 Å². The first-order chi connectivity index (χ1) is 13.1. The van der Waals surface area contributed by atoms with Crippen molar-refractivity contribution >= 4 is 62.1 Å². The maximum atomic E-state index is 12.7. The zero-order chi connectivity index (χ0) is 22.2. The van der Waals surface area contributed by atoms with Crippen molar-refractivity contribution in [2.24, 2.45) is 0 Å². The van der Waals surface area contributed by atoms with E-state index >= 15 is 0 Å². The Morgan fingerprint density at radius 3 is 2.14 bits per heavy atom. The summed E-state index contributed by atoms with van der Waals surface area (Å²) in [7, 11) is -4.14. The Labute approximate surface area is 178 Å². The first-order valence-electron chi connectivity index (χ1n) is 7.53. The molecule has 6 nitrogen and oxygen atoms in total. The SMILES string of the molecule is C[C@@](O)(C(=O)Nc1ccc(S(=O)(=O)Nc2ccc(Cl)c(Cl)c2)cc1Cl)C(F)(F)F. The highest BCUT2D eigenvalue weighted by molar-refractivity contribution is 7.92. The molecule has 1 amide bonds.